The van der Waals surface area contributed by atoms with Gasteiger partial charge >= 0.3 is 6.18 Å². The predicted molar refractivity (Wildman–Crippen MR) is 105 cm³/mol. The molecule has 1 aliphatic rings. The number of nitrogens with one attached hydrogen (secondary N) is 1. The third-order valence-electron chi connectivity index (χ3n) is 5.29. The van der Waals surface area contributed by atoms with Crippen LogP contribution in [0, 0.1) is 5.92 Å². The fraction of sp³-hybridized carbons (Fsp3) is 0.667. The van der Waals surface area contributed by atoms with E-state index in [2.05, 4.69) is 10.2 Å². The van der Waals surface area contributed by atoms with Gasteiger partial charge in [-0.2, -0.15) is 13.2 Å². The van der Waals surface area contributed by atoms with Gasteiger partial charge in [-0.05, 0) is 56.8 Å². The number of ether oxygens (including phenoxy) is 2. The molecule has 0 bridgehead atoms. The molecule has 0 saturated carbocycles. The minimum absolute atomic E-state index is 0.0305. The van der Waals surface area contributed by atoms with E-state index in [1.54, 1.807) is 20.3 Å². The lowest BCUT2D eigenvalue weighted by atomic mass is 9.93. The zero-order valence-electron chi connectivity index (χ0n) is 17.2. The van der Waals surface area contributed by atoms with E-state index in [0.717, 1.165) is 37.9 Å². The lowest BCUT2D eigenvalue weighted by Gasteiger charge is -2.32. The second-order valence-corrected chi connectivity index (χ2v) is 7.52. The summed E-state index contributed by atoms with van der Waals surface area (Å²) in [5, 5.41) is 2.91. The number of hydrogen-bond donors (Lipinski definition) is 1. The molecule has 164 valence electrons. The summed E-state index contributed by atoms with van der Waals surface area (Å²) in [5.74, 6) is 1.67. The minimum atomic E-state index is -4.08. The first-order valence-corrected chi connectivity index (χ1v) is 10.1. The summed E-state index contributed by atoms with van der Waals surface area (Å²) < 4.78 is 47.4. The van der Waals surface area contributed by atoms with Crippen molar-refractivity contribution in [3.8, 4) is 11.5 Å². The number of hydrogen-bond acceptors (Lipinski definition) is 4. The molecule has 5 nitrogen and oxygen atoms in total. The number of alkyl halides is 3. The van der Waals surface area contributed by atoms with Crippen LogP contribution in [0.3, 0.4) is 0 Å². The lowest BCUT2D eigenvalue weighted by molar-refractivity contribution is -0.136. The highest BCUT2D eigenvalue weighted by Gasteiger charge is 2.27. The Morgan fingerprint density at radius 3 is 2.76 bits per heavy atom. The molecule has 8 heteroatoms. The number of likely N-dealkylation sites (tertiary alicyclic amines) is 1. The van der Waals surface area contributed by atoms with Crippen molar-refractivity contribution in [2.24, 2.45) is 5.92 Å². The van der Waals surface area contributed by atoms with Crippen LogP contribution in [0.5, 0.6) is 11.5 Å². The van der Waals surface area contributed by atoms with Crippen LogP contribution in [-0.4, -0.2) is 50.8 Å². The molecule has 1 saturated heterocycles. The number of methoxy groups -OCH3 is 2. The van der Waals surface area contributed by atoms with E-state index in [1.165, 1.54) is 0 Å². The van der Waals surface area contributed by atoms with E-state index in [4.69, 9.17) is 9.47 Å². The molecule has 0 radical (unpaired) electrons. The molecule has 29 heavy (non-hydrogen) atoms. The van der Waals surface area contributed by atoms with Gasteiger partial charge in [-0.15, -0.1) is 0 Å². The van der Waals surface area contributed by atoms with Crippen molar-refractivity contribution in [1.82, 2.24) is 10.2 Å². The normalized spacial score (nSPS) is 17.8. The summed E-state index contributed by atoms with van der Waals surface area (Å²) in [6.45, 7) is 2.47. The maximum atomic E-state index is 12.3. The highest BCUT2D eigenvalue weighted by atomic mass is 19.4. The molecule has 0 aliphatic carbocycles. The molecule has 1 N–H and O–H groups in total. The van der Waals surface area contributed by atoms with Gasteiger partial charge in [0, 0.05) is 37.6 Å². The van der Waals surface area contributed by atoms with Crippen molar-refractivity contribution < 1.29 is 27.4 Å². The molecular formula is C21H31F3N2O3. The van der Waals surface area contributed by atoms with E-state index < -0.39 is 12.6 Å². The van der Waals surface area contributed by atoms with Gasteiger partial charge in [-0.1, -0.05) is 0 Å². The van der Waals surface area contributed by atoms with Crippen LogP contribution in [-0.2, 0) is 11.3 Å². The summed E-state index contributed by atoms with van der Waals surface area (Å²) >= 11 is 0. The molecule has 0 unspecified atom stereocenters. The van der Waals surface area contributed by atoms with Crippen LogP contribution in [0.25, 0.3) is 0 Å². The first-order valence-electron chi connectivity index (χ1n) is 10.1. The highest BCUT2D eigenvalue weighted by Crippen LogP contribution is 2.26. The monoisotopic (exact) mass is 416 g/mol. The summed E-state index contributed by atoms with van der Waals surface area (Å²) in [7, 11) is 3.16. The molecule has 1 aromatic carbocycles. The van der Waals surface area contributed by atoms with E-state index in [9.17, 15) is 18.0 Å². The maximum Gasteiger partial charge on any atom is 0.389 e. The fourth-order valence-electron chi connectivity index (χ4n) is 3.71. The van der Waals surface area contributed by atoms with E-state index in [0.29, 0.717) is 36.9 Å². The van der Waals surface area contributed by atoms with E-state index in [-0.39, 0.29) is 12.3 Å². The number of amides is 1. The quantitative estimate of drug-likeness (QED) is 0.623. The SMILES string of the molecule is COc1ccc(CNC(=O)CC[C@@H]2CCCN(CCCC(F)(F)F)C2)c(OC)c1. The van der Waals surface area contributed by atoms with Gasteiger partial charge < -0.3 is 19.7 Å². The Morgan fingerprint density at radius 2 is 2.07 bits per heavy atom. The van der Waals surface area contributed by atoms with Gasteiger partial charge in [0.25, 0.3) is 0 Å². The number of rotatable bonds is 10. The molecule has 1 fully saturated rings. The van der Waals surface area contributed by atoms with Crippen molar-refractivity contribution in [3.63, 3.8) is 0 Å². The van der Waals surface area contributed by atoms with Crippen molar-refractivity contribution in [2.75, 3.05) is 33.9 Å². The summed E-state index contributed by atoms with van der Waals surface area (Å²) in [6.07, 6.45) is -1.51. The summed E-state index contributed by atoms with van der Waals surface area (Å²) in [5.41, 5.74) is 0.871. The van der Waals surface area contributed by atoms with Crippen LogP contribution in [0.1, 0.15) is 44.1 Å². The zero-order chi connectivity index (χ0) is 21.3. The Kier molecular flexibility index (Phi) is 9.07. The Labute approximate surface area is 170 Å². The molecule has 0 aromatic heterocycles. The van der Waals surface area contributed by atoms with Crippen molar-refractivity contribution in [1.29, 1.82) is 0 Å². The van der Waals surface area contributed by atoms with Crippen LogP contribution in [0.2, 0.25) is 0 Å². The van der Waals surface area contributed by atoms with Crippen LogP contribution < -0.4 is 14.8 Å². The van der Waals surface area contributed by atoms with Gasteiger partial charge in [0.05, 0.1) is 14.2 Å². The summed E-state index contributed by atoms with van der Waals surface area (Å²) in [4.78, 5) is 14.3. The van der Waals surface area contributed by atoms with Crippen LogP contribution in [0.4, 0.5) is 13.2 Å². The van der Waals surface area contributed by atoms with Gasteiger partial charge in [0.1, 0.15) is 11.5 Å². The minimum Gasteiger partial charge on any atom is -0.497 e. The van der Waals surface area contributed by atoms with E-state index in [1.807, 2.05) is 12.1 Å². The average molecular weight is 416 g/mol. The van der Waals surface area contributed by atoms with Gasteiger partial charge in [0.2, 0.25) is 5.91 Å². The number of carbonyl (C=O) groups excluding carboxylic acids is 1. The number of piperidine rings is 1. The van der Waals surface area contributed by atoms with E-state index >= 15 is 0 Å². The number of nitrogens with zero attached hydrogens (tertiary/aromatic N) is 1. The Balaban J connectivity index is 1.70. The van der Waals surface area contributed by atoms with Crippen LogP contribution in [0.15, 0.2) is 18.2 Å². The first-order chi connectivity index (χ1) is 13.8. The molecule has 2 rings (SSSR count). The number of carbonyl (C=O) groups is 1. The van der Waals surface area contributed by atoms with Crippen LogP contribution >= 0.6 is 0 Å². The Morgan fingerprint density at radius 1 is 1.28 bits per heavy atom. The number of benzene rings is 1. The maximum absolute atomic E-state index is 12.3. The topological polar surface area (TPSA) is 50.8 Å². The predicted octanol–water partition coefficient (Wildman–Crippen LogP) is 4.15. The third-order valence-corrected chi connectivity index (χ3v) is 5.29. The molecule has 1 heterocycles. The first kappa shape index (κ1) is 23.3. The largest absolute Gasteiger partial charge is 0.497 e. The molecule has 1 atom stereocenters. The zero-order valence-corrected chi connectivity index (χ0v) is 17.2. The van der Waals surface area contributed by atoms with Crippen molar-refractivity contribution in [3.05, 3.63) is 23.8 Å². The summed E-state index contributed by atoms with van der Waals surface area (Å²) in [6, 6.07) is 5.45. The molecule has 1 amide bonds. The second kappa shape index (κ2) is 11.3. The smallest absolute Gasteiger partial charge is 0.389 e. The highest BCUT2D eigenvalue weighted by molar-refractivity contribution is 5.75. The molecule has 1 aliphatic heterocycles. The Hall–Kier alpha value is -1.96. The number of halogens is 3. The Bertz CT molecular complexity index is 653. The third kappa shape index (κ3) is 8.51. The fourth-order valence-corrected chi connectivity index (χ4v) is 3.71. The van der Waals surface area contributed by atoms with Gasteiger partial charge in [-0.25, -0.2) is 0 Å². The lowest BCUT2D eigenvalue weighted by Crippen LogP contribution is -2.37. The second-order valence-electron chi connectivity index (χ2n) is 7.52. The van der Waals surface area contributed by atoms with Crippen molar-refractivity contribution >= 4 is 5.91 Å². The van der Waals surface area contributed by atoms with Gasteiger partial charge in [0.15, 0.2) is 0 Å². The average Bonchev–Trinajstić information content (AvgIpc) is 2.70. The molecular weight excluding hydrogens is 385 g/mol. The van der Waals surface area contributed by atoms with Gasteiger partial charge in [-0.3, -0.25) is 4.79 Å². The standard InChI is InChI=1S/C21H31F3N2O3/c1-28-18-8-7-17(19(13-18)29-2)14-25-20(27)9-6-16-5-3-11-26(15-16)12-4-10-21(22,23)24/h7-8,13,16H,3-6,9-12,14-15H2,1-2H3,(H,25,27)/t16-/m0/s1. The molecule has 1 aromatic rings. The molecule has 0 spiro atoms. The van der Waals surface area contributed by atoms with Crippen molar-refractivity contribution in [2.45, 2.75) is 51.2 Å².